The quantitative estimate of drug-likeness (QED) is 0.832. The maximum Gasteiger partial charge on any atom is 0.270 e. The number of halogens is 1. The number of carbonyl (C=O) groups excluding carboxylic acids is 1. The second kappa shape index (κ2) is 5.71. The van der Waals surface area contributed by atoms with Gasteiger partial charge in [-0.1, -0.05) is 0 Å². The molecule has 0 bridgehead atoms. The van der Waals surface area contributed by atoms with Crippen molar-refractivity contribution in [3.8, 4) is 0 Å². The molecule has 3 nitrogen and oxygen atoms in total. The molecule has 0 aliphatic rings. The molecule has 96 valence electrons. The number of nitrogens with zero attached hydrogens (tertiary/aromatic N) is 2. The van der Waals surface area contributed by atoms with Crippen molar-refractivity contribution in [2.45, 2.75) is 46.7 Å². The molecule has 1 aromatic heterocycles. The van der Waals surface area contributed by atoms with Crippen molar-refractivity contribution in [1.29, 1.82) is 0 Å². The lowest BCUT2D eigenvalue weighted by molar-refractivity contribution is 0.0704. The van der Waals surface area contributed by atoms with E-state index in [1.807, 2.05) is 42.5 Å². The van der Waals surface area contributed by atoms with Crippen LogP contribution in [0.15, 0.2) is 16.7 Å². The van der Waals surface area contributed by atoms with E-state index in [2.05, 4.69) is 29.8 Å². The Morgan fingerprint density at radius 2 is 2.00 bits per heavy atom. The molecule has 1 amide bonds. The molecule has 0 saturated heterocycles. The third-order valence-corrected chi connectivity index (χ3v) is 3.25. The predicted octanol–water partition coefficient (Wildman–Crippen LogP) is 3.70. The van der Waals surface area contributed by atoms with E-state index >= 15 is 0 Å². The normalized spacial score (nSPS) is 11.3. The number of rotatable bonds is 4. The van der Waals surface area contributed by atoms with E-state index in [9.17, 15) is 4.79 Å². The molecule has 0 N–H and O–H groups in total. The number of hydrogen-bond acceptors (Lipinski definition) is 1. The van der Waals surface area contributed by atoms with E-state index in [-0.39, 0.29) is 18.0 Å². The SMILES string of the molecule is CCN(C(=O)c1cc(Br)cn1C(C)C)C(C)C. The van der Waals surface area contributed by atoms with Gasteiger partial charge in [-0.3, -0.25) is 4.79 Å². The first-order valence-electron chi connectivity index (χ1n) is 6.06. The molecule has 0 fully saturated rings. The smallest absolute Gasteiger partial charge is 0.270 e. The summed E-state index contributed by atoms with van der Waals surface area (Å²) in [7, 11) is 0. The van der Waals surface area contributed by atoms with Crippen LogP contribution >= 0.6 is 15.9 Å². The molecule has 0 aromatic carbocycles. The summed E-state index contributed by atoms with van der Waals surface area (Å²) in [5.41, 5.74) is 0.752. The van der Waals surface area contributed by atoms with Crippen LogP contribution in [0.1, 0.15) is 51.1 Å². The van der Waals surface area contributed by atoms with Gasteiger partial charge in [0.2, 0.25) is 0 Å². The molecule has 1 aromatic rings. The third kappa shape index (κ3) is 3.12. The second-order valence-electron chi connectivity index (χ2n) is 4.73. The van der Waals surface area contributed by atoms with Gasteiger partial charge in [0.25, 0.3) is 5.91 Å². The summed E-state index contributed by atoms with van der Waals surface area (Å²) in [6.07, 6.45) is 1.96. The Morgan fingerprint density at radius 1 is 1.41 bits per heavy atom. The largest absolute Gasteiger partial charge is 0.340 e. The van der Waals surface area contributed by atoms with Gasteiger partial charge < -0.3 is 9.47 Å². The molecule has 4 heteroatoms. The highest BCUT2D eigenvalue weighted by Gasteiger charge is 2.21. The third-order valence-electron chi connectivity index (χ3n) is 2.82. The number of amides is 1. The van der Waals surface area contributed by atoms with Gasteiger partial charge in [-0.2, -0.15) is 0 Å². The molecule has 0 aliphatic heterocycles. The first kappa shape index (κ1) is 14.3. The van der Waals surface area contributed by atoms with Gasteiger partial charge in [0.15, 0.2) is 0 Å². The lowest BCUT2D eigenvalue weighted by atomic mass is 10.2. The maximum atomic E-state index is 12.4. The Morgan fingerprint density at radius 3 is 2.41 bits per heavy atom. The summed E-state index contributed by atoms with van der Waals surface area (Å²) in [6.45, 7) is 11.0. The standard InChI is InChI=1S/C13H21BrN2O/c1-6-15(9(2)3)13(17)12-7-11(14)8-16(12)10(4)5/h7-10H,6H2,1-5H3. The Balaban J connectivity index is 3.10. The fraction of sp³-hybridized carbons (Fsp3) is 0.615. The fourth-order valence-electron chi connectivity index (χ4n) is 1.93. The summed E-state index contributed by atoms with van der Waals surface area (Å²) in [4.78, 5) is 14.3. The van der Waals surface area contributed by atoms with Gasteiger partial charge in [-0.25, -0.2) is 0 Å². The molecule has 0 radical (unpaired) electrons. The molecule has 0 aliphatic carbocycles. The first-order chi connectivity index (χ1) is 7.88. The molecular formula is C13H21BrN2O. The molecule has 1 rings (SSSR count). The lowest BCUT2D eigenvalue weighted by Gasteiger charge is -2.26. The summed E-state index contributed by atoms with van der Waals surface area (Å²) in [5, 5.41) is 0. The zero-order valence-electron chi connectivity index (χ0n) is 11.2. The average Bonchev–Trinajstić information content (AvgIpc) is 2.60. The minimum Gasteiger partial charge on any atom is -0.340 e. The van der Waals surface area contributed by atoms with Gasteiger partial charge in [0, 0.05) is 29.3 Å². The van der Waals surface area contributed by atoms with Crippen LogP contribution in [0.5, 0.6) is 0 Å². The van der Waals surface area contributed by atoms with Gasteiger partial charge in [-0.15, -0.1) is 0 Å². The van der Waals surface area contributed by atoms with Crippen molar-refractivity contribution in [2.75, 3.05) is 6.54 Å². The molecule has 0 unspecified atom stereocenters. The molecule has 0 spiro atoms. The molecular weight excluding hydrogens is 280 g/mol. The molecule has 0 saturated carbocycles. The molecule has 17 heavy (non-hydrogen) atoms. The highest BCUT2D eigenvalue weighted by molar-refractivity contribution is 9.10. The van der Waals surface area contributed by atoms with Crippen LogP contribution in [0, 0.1) is 0 Å². The maximum absolute atomic E-state index is 12.4. The van der Waals surface area contributed by atoms with E-state index in [0.717, 1.165) is 16.7 Å². The van der Waals surface area contributed by atoms with Crippen molar-refractivity contribution >= 4 is 21.8 Å². The molecule has 1 heterocycles. The van der Waals surface area contributed by atoms with Gasteiger partial charge >= 0.3 is 0 Å². The fourth-order valence-corrected chi connectivity index (χ4v) is 2.37. The van der Waals surface area contributed by atoms with Gasteiger partial charge in [0.05, 0.1) is 0 Å². The lowest BCUT2D eigenvalue weighted by Crippen LogP contribution is -2.37. The highest BCUT2D eigenvalue weighted by Crippen LogP contribution is 2.21. The van der Waals surface area contributed by atoms with Crippen molar-refractivity contribution in [3.63, 3.8) is 0 Å². The van der Waals surface area contributed by atoms with Crippen LogP contribution in [-0.4, -0.2) is 28.0 Å². The van der Waals surface area contributed by atoms with Crippen LogP contribution in [0.2, 0.25) is 0 Å². The Labute approximate surface area is 112 Å². The summed E-state index contributed by atoms with van der Waals surface area (Å²) >= 11 is 3.44. The number of aromatic nitrogens is 1. The van der Waals surface area contributed by atoms with E-state index < -0.39 is 0 Å². The average molecular weight is 301 g/mol. The zero-order chi connectivity index (χ0) is 13.2. The number of carbonyl (C=O) groups is 1. The van der Waals surface area contributed by atoms with Crippen molar-refractivity contribution in [2.24, 2.45) is 0 Å². The zero-order valence-corrected chi connectivity index (χ0v) is 12.8. The summed E-state index contributed by atoms with van der Waals surface area (Å²) in [5.74, 6) is 0.0990. The Bertz CT molecular complexity index is 396. The summed E-state index contributed by atoms with van der Waals surface area (Å²) in [6, 6.07) is 2.40. The van der Waals surface area contributed by atoms with E-state index in [4.69, 9.17) is 0 Å². The first-order valence-corrected chi connectivity index (χ1v) is 6.86. The van der Waals surface area contributed by atoms with Crippen LogP contribution < -0.4 is 0 Å². The van der Waals surface area contributed by atoms with Gasteiger partial charge in [-0.05, 0) is 56.6 Å². The topological polar surface area (TPSA) is 25.2 Å². The van der Waals surface area contributed by atoms with Crippen molar-refractivity contribution < 1.29 is 4.79 Å². The van der Waals surface area contributed by atoms with Crippen molar-refractivity contribution in [1.82, 2.24) is 9.47 Å². The van der Waals surface area contributed by atoms with Crippen LogP contribution in [0.3, 0.4) is 0 Å². The number of hydrogen-bond donors (Lipinski definition) is 0. The van der Waals surface area contributed by atoms with Crippen LogP contribution in [-0.2, 0) is 0 Å². The second-order valence-corrected chi connectivity index (χ2v) is 5.65. The monoisotopic (exact) mass is 300 g/mol. The van der Waals surface area contributed by atoms with E-state index in [1.165, 1.54) is 0 Å². The van der Waals surface area contributed by atoms with E-state index in [0.29, 0.717) is 0 Å². The predicted molar refractivity (Wildman–Crippen MR) is 74.4 cm³/mol. The minimum absolute atomic E-state index is 0.0990. The van der Waals surface area contributed by atoms with Crippen molar-refractivity contribution in [3.05, 3.63) is 22.4 Å². The Hall–Kier alpha value is -0.770. The highest BCUT2D eigenvalue weighted by atomic mass is 79.9. The van der Waals surface area contributed by atoms with Crippen LogP contribution in [0.4, 0.5) is 0 Å². The van der Waals surface area contributed by atoms with E-state index in [1.54, 1.807) is 0 Å². The van der Waals surface area contributed by atoms with Gasteiger partial charge in [0.1, 0.15) is 5.69 Å². The summed E-state index contributed by atoms with van der Waals surface area (Å²) < 4.78 is 2.96. The molecule has 0 atom stereocenters. The Kier molecular flexibility index (Phi) is 4.80. The van der Waals surface area contributed by atoms with Crippen LogP contribution in [0.25, 0.3) is 0 Å². The minimum atomic E-state index is 0.0990.